The van der Waals surface area contributed by atoms with Crippen molar-refractivity contribution in [3.05, 3.63) is 88.5 Å². The van der Waals surface area contributed by atoms with Crippen LogP contribution >= 0.6 is 0 Å². The third-order valence-corrected chi connectivity index (χ3v) is 9.17. The summed E-state index contributed by atoms with van der Waals surface area (Å²) in [6.07, 6.45) is 9.62. The summed E-state index contributed by atoms with van der Waals surface area (Å²) in [6.45, 7) is 1.99. The summed E-state index contributed by atoms with van der Waals surface area (Å²) in [7, 11) is -3.58. The van der Waals surface area contributed by atoms with Gasteiger partial charge < -0.3 is 0 Å². The zero-order valence-electron chi connectivity index (χ0n) is 16.6. The number of sulfonamides is 1. The monoisotopic (exact) mass is 403 g/mol. The van der Waals surface area contributed by atoms with Crippen LogP contribution in [0.4, 0.5) is 0 Å². The van der Waals surface area contributed by atoms with Crippen molar-refractivity contribution in [1.29, 1.82) is 0 Å². The van der Waals surface area contributed by atoms with Crippen LogP contribution in [0.25, 0.3) is 0 Å². The van der Waals surface area contributed by atoms with Crippen LogP contribution in [0.3, 0.4) is 0 Å². The maximum Gasteiger partial charge on any atom is 0.244 e. The predicted molar refractivity (Wildman–Crippen MR) is 114 cm³/mol. The molecule has 2 bridgehead atoms. The van der Waals surface area contributed by atoms with Gasteiger partial charge in [0.05, 0.1) is 17.0 Å². The molecule has 0 amide bonds. The van der Waals surface area contributed by atoms with Gasteiger partial charge in [-0.15, -0.1) is 0 Å². The summed E-state index contributed by atoms with van der Waals surface area (Å²) in [5.74, 6) is 0.485. The van der Waals surface area contributed by atoms with Crippen molar-refractivity contribution in [3.63, 3.8) is 0 Å². The predicted octanol–water partition coefficient (Wildman–Crippen LogP) is 5.47. The Kier molecular flexibility index (Phi) is 3.76. The summed E-state index contributed by atoms with van der Waals surface area (Å²) in [4.78, 5) is 0.405. The third kappa shape index (κ3) is 2.42. The van der Waals surface area contributed by atoms with E-state index in [0.29, 0.717) is 4.90 Å². The van der Waals surface area contributed by atoms with Gasteiger partial charge in [0, 0.05) is 11.8 Å². The van der Waals surface area contributed by atoms with Gasteiger partial charge in [-0.3, -0.25) is 0 Å². The molecule has 4 heteroatoms. The highest BCUT2D eigenvalue weighted by Gasteiger charge is 2.59. The second-order valence-electron chi connectivity index (χ2n) is 8.91. The largest absolute Gasteiger partial charge is 0.244 e. The molecule has 6 rings (SSSR count). The number of hydrogen-bond acceptors (Lipinski definition) is 2. The van der Waals surface area contributed by atoms with E-state index in [2.05, 4.69) is 24.3 Å². The first-order valence-electron chi connectivity index (χ1n) is 10.7. The van der Waals surface area contributed by atoms with Crippen LogP contribution in [-0.4, -0.2) is 12.7 Å². The molecule has 1 saturated carbocycles. The van der Waals surface area contributed by atoms with Crippen LogP contribution in [0.5, 0.6) is 0 Å². The summed E-state index contributed by atoms with van der Waals surface area (Å²) in [5, 5.41) is 0. The molecule has 4 aliphatic rings. The number of benzene rings is 2. The Balaban J connectivity index is 1.52. The number of aryl methyl sites for hydroxylation is 1. The van der Waals surface area contributed by atoms with Gasteiger partial charge >= 0.3 is 0 Å². The van der Waals surface area contributed by atoms with Crippen molar-refractivity contribution in [2.75, 3.05) is 0 Å². The van der Waals surface area contributed by atoms with E-state index in [1.807, 2.05) is 35.5 Å². The molecule has 0 aromatic heterocycles. The number of fused-ring (bicyclic) bond motifs is 9. The lowest BCUT2D eigenvalue weighted by Gasteiger charge is -2.33. The minimum absolute atomic E-state index is 0.0975. The van der Waals surface area contributed by atoms with Crippen molar-refractivity contribution in [2.24, 2.45) is 11.8 Å². The van der Waals surface area contributed by atoms with E-state index in [1.165, 1.54) is 35.1 Å². The first kappa shape index (κ1) is 17.7. The molecule has 2 aromatic carbocycles. The fraction of sp³-hybridized carbons (Fsp3) is 0.360. The second kappa shape index (κ2) is 6.16. The van der Waals surface area contributed by atoms with E-state index < -0.39 is 10.0 Å². The molecule has 29 heavy (non-hydrogen) atoms. The minimum atomic E-state index is -3.58. The SMILES string of the molecule is Cc1ccc(S(=O)(=O)N2[C@@H]3c4ccccc4[C@H]2[C@@H]2C=C4CCCCC4=C[C@@H]23)cc1. The van der Waals surface area contributed by atoms with E-state index in [-0.39, 0.29) is 23.9 Å². The number of rotatable bonds is 2. The fourth-order valence-electron chi connectivity index (χ4n) is 6.00. The highest BCUT2D eigenvalue weighted by atomic mass is 32.2. The molecule has 0 spiro atoms. The molecule has 2 aromatic rings. The van der Waals surface area contributed by atoms with E-state index >= 15 is 0 Å². The topological polar surface area (TPSA) is 37.4 Å². The molecule has 2 fully saturated rings. The van der Waals surface area contributed by atoms with Gasteiger partial charge in [0.15, 0.2) is 0 Å². The molecule has 0 unspecified atom stereocenters. The van der Waals surface area contributed by atoms with Crippen LogP contribution in [0.15, 0.2) is 76.7 Å². The molecule has 148 valence electrons. The van der Waals surface area contributed by atoms with Crippen molar-refractivity contribution < 1.29 is 8.42 Å². The van der Waals surface area contributed by atoms with Crippen molar-refractivity contribution in [3.8, 4) is 0 Å². The Morgan fingerprint density at radius 1 is 0.793 bits per heavy atom. The van der Waals surface area contributed by atoms with E-state index in [4.69, 9.17) is 0 Å². The number of hydrogen-bond donors (Lipinski definition) is 0. The number of nitrogens with zero attached hydrogens (tertiary/aromatic N) is 1. The lowest BCUT2D eigenvalue weighted by Crippen LogP contribution is -2.29. The lowest BCUT2D eigenvalue weighted by molar-refractivity contribution is 0.350. The maximum absolute atomic E-state index is 13.8. The maximum atomic E-state index is 13.8. The molecule has 2 heterocycles. The third-order valence-electron chi connectivity index (χ3n) is 7.29. The molecule has 4 atom stereocenters. The Morgan fingerprint density at radius 2 is 1.31 bits per heavy atom. The zero-order chi connectivity index (χ0) is 19.8. The van der Waals surface area contributed by atoms with Crippen LogP contribution < -0.4 is 0 Å². The van der Waals surface area contributed by atoms with Gasteiger partial charge in [-0.1, -0.05) is 54.1 Å². The van der Waals surface area contributed by atoms with E-state index in [1.54, 1.807) is 12.1 Å². The van der Waals surface area contributed by atoms with Crippen LogP contribution in [0.2, 0.25) is 0 Å². The van der Waals surface area contributed by atoms with Crippen LogP contribution in [0, 0.1) is 18.8 Å². The standard InChI is InChI=1S/C25H25NO2S/c1-16-10-12-19(13-11-16)29(27,28)26-24-20-8-4-5-9-21(20)25(26)23-15-18-7-3-2-6-17(18)14-22(23)24/h4-5,8-15,22-25H,2-3,6-7H2,1H3/t22-,23+,24+,25-. The Morgan fingerprint density at radius 3 is 1.83 bits per heavy atom. The summed E-state index contributed by atoms with van der Waals surface area (Å²) in [5.41, 5.74) is 6.40. The Bertz CT molecular complexity index is 1100. The van der Waals surface area contributed by atoms with Crippen LogP contribution in [0.1, 0.15) is 54.5 Å². The van der Waals surface area contributed by atoms with Crippen molar-refractivity contribution in [2.45, 2.75) is 49.6 Å². The summed E-state index contributed by atoms with van der Waals surface area (Å²) in [6, 6.07) is 15.5. The normalized spacial score (nSPS) is 30.2. The molecule has 0 radical (unpaired) electrons. The molecular formula is C25H25NO2S. The first-order valence-corrected chi connectivity index (χ1v) is 12.1. The summed E-state index contributed by atoms with van der Waals surface area (Å²) < 4.78 is 29.5. The minimum Gasteiger partial charge on any atom is -0.207 e. The average Bonchev–Trinajstić information content (AvgIpc) is 3.25. The molecular weight excluding hydrogens is 378 g/mol. The fourth-order valence-corrected chi connectivity index (χ4v) is 7.83. The van der Waals surface area contributed by atoms with Gasteiger partial charge in [0.1, 0.15) is 0 Å². The Hall–Kier alpha value is -2.17. The highest BCUT2D eigenvalue weighted by Crippen LogP contribution is 2.63. The quantitative estimate of drug-likeness (QED) is 0.667. The van der Waals surface area contributed by atoms with Gasteiger partial charge in [-0.25, -0.2) is 8.42 Å². The number of allylic oxidation sites excluding steroid dienone is 2. The zero-order valence-corrected chi connectivity index (χ0v) is 17.4. The molecule has 2 aliphatic carbocycles. The van der Waals surface area contributed by atoms with Gasteiger partial charge in [-0.2, -0.15) is 4.31 Å². The van der Waals surface area contributed by atoms with Crippen molar-refractivity contribution >= 4 is 10.0 Å². The van der Waals surface area contributed by atoms with Crippen LogP contribution in [-0.2, 0) is 10.0 Å². The van der Waals surface area contributed by atoms with Gasteiger partial charge in [0.2, 0.25) is 10.0 Å². The summed E-state index contributed by atoms with van der Waals surface area (Å²) >= 11 is 0. The van der Waals surface area contributed by atoms with Gasteiger partial charge in [-0.05, 0) is 67.0 Å². The average molecular weight is 404 g/mol. The Labute approximate surface area is 172 Å². The van der Waals surface area contributed by atoms with E-state index in [0.717, 1.165) is 18.4 Å². The molecule has 3 nitrogen and oxygen atoms in total. The first-order chi connectivity index (χ1) is 14.1. The molecule has 2 aliphatic heterocycles. The smallest absolute Gasteiger partial charge is 0.207 e. The van der Waals surface area contributed by atoms with Crippen molar-refractivity contribution in [1.82, 2.24) is 4.31 Å². The highest BCUT2D eigenvalue weighted by molar-refractivity contribution is 7.89. The molecule has 0 N–H and O–H groups in total. The molecule has 1 saturated heterocycles. The van der Waals surface area contributed by atoms with Gasteiger partial charge in [0.25, 0.3) is 0 Å². The lowest BCUT2D eigenvalue weighted by atomic mass is 9.69. The second-order valence-corrected chi connectivity index (χ2v) is 10.8. The van der Waals surface area contributed by atoms with E-state index in [9.17, 15) is 8.42 Å².